The molecule has 1 heterocycles. The minimum Gasteiger partial charge on any atom is -0.324 e. The Balaban J connectivity index is 1.58. The van der Waals surface area contributed by atoms with Crippen molar-refractivity contribution >= 4 is 46.6 Å². The minimum absolute atomic E-state index is 0.0687. The van der Waals surface area contributed by atoms with E-state index in [4.69, 9.17) is 23.2 Å². The van der Waals surface area contributed by atoms with Crippen LogP contribution in [0.15, 0.2) is 78.0 Å². The van der Waals surface area contributed by atoms with Crippen LogP contribution in [0.4, 0.5) is 10.1 Å². The Hall–Kier alpha value is -2.87. The Labute approximate surface area is 192 Å². The van der Waals surface area contributed by atoms with Gasteiger partial charge in [-0.1, -0.05) is 53.2 Å². The molecule has 0 aliphatic heterocycles. The molecule has 4 rings (SSSR count). The van der Waals surface area contributed by atoms with Crippen LogP contribution in [0.25, 0.3) is 17.1 Å². The molecule has 9 heteroatoms. The molecule has 0 unspecified atom stereocenters. The van der Waals surface area contributed by atoms with Crippen LogP contribution in [0.1, 0.15) is 0 Å². The molecule has 5 nitrogen and oxygen atoms in total. The predicted octanol–water partition coefficient (Wildman–Crippen LogP) is 6.11. The van der Waals surface area contributed by atoms with E-state index < -0.39 is 5.82 Å². The van der Waals surface area contributed by atoms with E-state index in [9.17, 15) is 9.18 Å². The Morgan fingerprint density at radius 1 is 1.00 bits per heavy atom. The van der Waals surface area contributed by atoms with Gasteiger partial charge in [0.2, 0.25) is 5.91 Å². The van der Waals surface area contributed by atoms with Crippen LogP contribution in [0, 0.1) is 5.82 Å². The van der Waals surface area contributed by atoms with Gasteiger partial charge in [-0.05, 0) is 54.6 Å². The van der Waals surface area contributed by atoms with E-state index in [1.165, 1.54) is 23.9 Å². The maximum Gasteiger partial charge on any atom is 0.234 e. The van der Waals surface area contributed by atoms with Crippen LogP contribution < -0.4 is 5.32 Å². The summed E-state index contributed by atoms with van der Waals surface area (Å²) in [6, 6.07) is 20.7. The molecule has 31 heavy (non-hydrogen) atoms. The standard InChI is InChI=1S/C22H15Cl2FN4OS/c23-15-8-6-14(7-9-15)21-27-28-22(29(21)17-4-2-1-3-5-17)31-13-20(30)26-19-11-10-16(25)12-18(19)24/h1-12H,13H2,(H,26,30). The van der Waals surface area contributed by atoms with Crippen molar-refractivity contribution in [2.75, 3.05) is 11.1 Å². The number of rotatable bonds is 6. The van der Waals surface area contributed by atoms with E-state index in [1.54, 1.807) is 12.1 Å². The number of benzene rings is 3. The van der Waals surface area contributed by atoms with E-state index in [1.807, 2.05) is 47.0 Å². The van der Waals surface area contributed by atoms with Crippen LogP contribution >= 0.6 is 35.0 Å². The molecule has 0 aliphatic carbocycles. The van der Waals surface area contributed by atoms with Crippen LogP contribution in [0.3, 0.4) is 0 Å². The molecule has 156 valence electrons. The maximum atomic E-state index is 13.2. The number of anilines is 1. The van der Waals surface area contributed by atoms with Crippen molar-refractivity contribution in [1.82, 2.24) is 14.8 Å². The number of hydrogen-bond donors (Lipinski definition) is 1. The van der Waals surface area contributed by atoms with Gasteiger partial charge in [0.05, 0.1) is 16.5 Å². The third kappa shape index (κ3) is 5.07. The number of carbonyl (C=O) groups is 1. The highest BCUT2D eigenvalue weighted by Gasteiger charge is 2.17. The highest BCUT2D eigenvalue weighted by molar-refractivity contribution is 7.99. The van der Waals surface area contributed by atoms with Gasteiger partial charge in [-0.2, -0.15) is 0 Å². The molecule has 1 aromatic heterocycles. The van der Waals surface area contributed by atoms with Crippen molar-refractivity contribution in [3.63, 3.8) is 0 Å². The molecule has 1 amide bonds. The van der Waals surface area contributed by atoms with E-state index in [0.717, 1.165) is 17.3 Å². The predicted molar refractivity (Wildman–Crippen MR) is 123 cm³/mol. The van der Waals surface area contributed by atoms with E-state index in [0.29, 0.717) is 21.7 Å². The molecule has 0 fully saturated rings. The zero-order valence-electron chi connectivity index (χ0n) is 15.9. The van der Waals surface area contributed by atoms with Crippen molar-refractivity contribution < 1.29 is 9.18 Å². The maximum absolute atomic E-state index is 13.2. The first-order valence-corrected chi connectivity index (χ1v) is 10.9. The first-order valence-electron chi connectivity index (χ1n) is 9.16. The highest BCUT2D eigenvalue weighted by atomic mass is 35.5. The molecule has 4 aromatic rings. The van der Waals surface area contributed by atoms with Gasteiger partial charge < -0.3 is 5.32 Å². The third-order valence-corrected chi connectivity index (χ3v) is 5.78. The molecule has 0 saturated carbocycles. The van der Waals surface area contributed by atoms with Gasteiger partial charge in [0.25, 0.3) is 0 Å². The summed E-state index contributed by atoms with van der Waals surface area (Å²) in [6.07, 6.45) is 0. The SMILES string of the molecule is O=C(CSc1nnc(-c2ccc(Cl)cc2)n1-c1ccccc1)Nc1ccc(F)cc1Cl. The van der Waals surface area contributed by atoms with Crippen molar-refractivity contribution in [3.05, 3.63) is 88.7 Å². The summed E-state index contributed by atoms with van der Waals surface area (Å²) in [5, 5.41) is 12.6. The lowest BCUT2D eigenvalue weighted by atomic mass is 10.2. The zero-order chi connectivity index (χ0) is 21.8. The van der Waals surface area contributed by atoms with Crippen molar-refractivity contribution in [1.29, 1.82) is 0 Å². The quantitative estimate of drug-likeness (QED) is 0.343. The molecule has 3 aromatic carbocycles. The number of carbonyl (C=O) groups excluding carboxylic acids is 1. The van der Waals surface area contributed by atoms with Gasteiger partial charge in [0.15, 0.2) is 11.0 Å². The van der Waals surface area contributed by atoms with Crippen molar-refractivity contribution in [2.24, 2.45) is 0 Å². The second-order valence-electron chi connectivity index (χ2n) is 6.45. The number of hydrogen-bond acceptors (Lipinski definition) is 4. The second-order valence-corrected chi connectivity index (χ2v) is 8.23. The smallest absolute Gasteiger partial charge is 0.234 e. The lowest BCUT2D eigenvalue weighted by molar-refractivity contribution is -0.113. The minimum atomic E-state index is -0.469. The Morgan fingerprint density at radius 2 is 1.74 bits per heavy atom. The number of nitrogens with zero attached hydrogens (tertiary/aromatic N) is 3. The van der Waals surface area contributed by atoms with Crippen LogP contribution in [0.2, 0.25) is 10.0 Å². The fourth-order valence-corrected chi connectivity index (χ4v) is 3.96. The molecular formula is C22H15Cl2FN4OS. The van der Waals surface area contributed by atoms with Gasteiger partial charge in [-0.15, -0.1) is 10.2 Å². The zero-order valence-corrected chi connectivity index (χ0v) is 18.3. The van der Waals surface area contributed by atoms with Gasteiger partial charge >= 0.3 is 0 Å². The molecule has 0 spiro atoms. The summed E-state index contributed by atoms with van der Waals surface area (Å²) in [6.45, 7) is 0. The van der Waals surface area contributed by atoms with Crippen molar-refractivity contribution in [3.8, 4) is 17.1 Å². The molecular weight excluding hydrogens is 458 g/mol. The number of para-hydroxylation sites is 1. The Kier molecular flexibility index (Phi) is 6.56. The van der Waals surface area contributed by atoms with Gasteiger partial charge in [0, 0.05) is 16.3 Å². The molecule has 0 saturated heterocycles. The van der Waals surface area contributed by atoms with Gasteiger partial charge in [-0.25, -0.2) is 4.39 Å². The van der Waals surface area contributed by atoms with Crippen LogP contribution in [-0.4, -0.2) is 26.4 Å². The van der Waals surface area contributed by atoms with Gasteiger partial charge in [-0.3, -0.25) is 9.36 Å². The Morgan fingerprint density at radius 3 is 2.45 bits per heavy atom. The van der Waals surface area contributed by atoms with Gasteiger partial charge in [0.1, 0.15) is 5.82 Å². The number of halogens is 3. The summed E-state index contributed by atoms with van der Waals surface area (Å²) in [5.41, 5.74) is 2.05. The number of nitrogens with one attached hydrogen (secondary N) is 1. The molecule has 1 N–H and O–H groups in total. The fourth-order valence-electron chi connectivity index (χ4n) is 2.87. The van der Waals surface area contributed by atoms with E-state index in [-0.39, 0.29) is 16.7 Å². The third-order valence-electron chi connectivity index (χ3n) is 4.29. The van der Waals surface area contributed by atoms with Crippen LogP contribution in [-0.2, 0) is 4.79 Å². The summed E-state index contributed by atoms with van der Waals surface area (Å²) < 4.78 is 15.1. The number of aromatic nitrogens is 3. The lowest BCUT2D eigenvalue weighted by Crippen LogP contribution is -2.15. The van der Waals surface area contributed by atoms with E-state index >= 15 is 0 Å². The van der Waals surface area contributed by atoms with Crippen LogP contribution in [0.5, 0.6) is 0 Å². The Bertz CT molecular complexity index is 1220. The normalized spacial score (nSPS) is 10.8. The first kappa shape index (κ1) is 21.4. The largest absolute Gasteiger partial charge is 0.324 e. The average molecular weight is 473 g/mol. The summed E-state index contributed by atoms with van der Waals surface area (Å²) in [5.74, 6) is -0.0659. The summed E-state index contributed by atoms with van der Waals surface area (Å²) in [4.78, 5) is 12.4. The fraction of sp³-hybridized carbons (Fsp3) is 0.0455. The molecule has 0 aliphatic rings. The summed E-state index contributed by atoms with van der Waals surface area (Å²) >= 11 is 13.2. The molecule has 0 radical (unpaired) electrons. The number of thioether (sulfide) groups is 1. The first-order chi connectivity index (χ1) is 15.0. The highest BCUT2D eigenvalue weighted by Crippen LogP contribution is 2.29. The molecule has 0 bridgehead atoms. The van der Waals surface area contributed by atoms with Crippen molar-refractivity contribution in [2.45, 2.75) is 5.16 Å². The second kappa shape index (κ2) is 9.51. The lowest BCUT2D eigenvalue weighted by Gasteiger charge is -2.11. The molecule has 0 atom stereocenters. The average Bonchev–Trinajstić information content (AvgIpc) is 3.19. The van der Waals surface area contributed by atoms with E-state index in [2.05, 4.69) is 15.5 Å². The monoisotopic (exact) mass is 472 g/mol. The topological polar surface area (TPSA) is 59.8 Å². The summed E-state index contributed by atoms with van der Waals surface area (Å²) in [7, 11) is 0. The number of amides is 1.